The maximum Gasteiger partial charge on any atom is 0.274 e. The highest BCUT2D eigenvalue weighted by molar-refractivity contribution is 9.10. The normalized spacial score (nSPS) is 14.6. The maximum absolute atomic E-state index is 12.7. The summed E-state index contributed by atoms with van der Waals surface area (Å²) in [6.45, 7) is 2.01. The topological polar surface area (TPSA) is 63.0 Å². The second kappa shape index (κ2) is 7.07. The summed E-state index contributed by atoms with van der Waals surface area (Å²) in [6.07, 6.45) is 5.61. The lowest BCUT2D eigenvalue weighted by Gasteiger charge is -2.30. The van der Waals surface area contributed by atoms with Crippen molar-refractivity contribution in [2.45, 2.75) is 19.3 Å². The number of piperidine rings is 1. The van der Waals surface area contributed by atoms with Crippen molar-refractivity contribution in [1.29, 1.82) is 0 Å². The SMILES string of the molecule is Cn1cc2cc(N3CCCCC3)c(NC(=O)c3cccc(Br)n3)cc2n1. The predicted molar refractivity (Wildman–Crippen MR) is 107 cm³/mol. The van der Waals surface area contributed by atoms with Gasteiger partial charge in [0, 0.05) is 31.7 Å². The van der Waals surface area contributed by atoms with Crippen molar-refractivity contribution < 1.29 is 4.79 Å². The first-order chi connectivity index (χ1) is 12.6. The Kier molecular flexibility index (Phi) is 4.63. The predicted octanol–water partition coefficient (Wildman–Crippen LogP) is 3.97. The number of hydrogen-bond acceptors (Lipinski definition) is 4. The third-order valence-electron chi connectivity index (χ3n) is 4.63. The van der Waals surface area contributed by atoms with E-state index in [-0.39, 0.29) is 5.91 Å². The molecule has 0 unspecified atom stereocenters. The molecular formula is C19H20BrN5O. The highest BCUT2D eigenvalue weighted by atomic mass is 79.9. The van der Waals surface area contributed by atoms with Crippen molar-refractivity contribution in [3.05, 3.63) is 46.8 Å². The molecule has 1 fully saturated rings. The van der Waals surface area contributed by atoms with Crippen LogP contribution in [0.2, 0.25) is 0 Å². The van der Waals surface area contributed by atoms with Crippen LogP contribution in [0.4, 0.5) is 11.4 Å². The van der Waals surface area contributed by atoms with Crippen LogP contribution in [-0.2, 0) is 7.05 Å². The molecule has 0 saturated carbocycles. The smallest absolute Gasteiger partial charge is 0.274 e. The summed E-state index contributed by atoms with van der Waals surface area (Å²) in [5, 5.41) is 8.59. The molecule has 26 heavy (non-hydrogen) atoms. The Morgan fingerprint density at radius 1 is 1.19 bits per heavy atom. The highest BCUT2D eigenvalue weighted by Crippen LogP contribution is 2.33. The van der Waals surface area contributed by atoms with E-state index in [1.807, 2.05) is 19.3 Å². The number of hydrogen-bond donors (Lipinski definition) is 1. The Bertz CT molecular complexity index is 962. The number of nitrogens with zero attached hydrogens (tertiary/aromatic N) is 4. The monoisotopic (exact) mass is 413 g/mol. The number of carbonyl (C=O) groups excluding carboxylic acids is 1. The van der Waals surface area contributed by atoms with Crippen LogP contribution in [0.5, 0.6) is 0 Å². The van der Waals surface area contributed by atoms with Crippen molar-refractivity contribution in [2.24, 2.45) is 7.05 Å². The van der Waals surface area contributed by atoms with Gasteiger partial charge in [-0.1, -0.05) is 6.07 Å². The summed E-state index contributed by atoms with van der Waals surface area (Å²) in [7, 11) is 1.91. The third-order valence-corrected chi connectivity index (χ3v) is 5.07. The van der Waals surface area contributed by atoms with Gasteiger partial charge in [-0.2, -0.15) is 5.10 Å². The van der Waals surface area contributed by atoms with Crippen molar-refractivity contribution >= 4 is 44.1 Å². The van der Waals surface area contributed by atoms with Crippen LogP contribution >= 0.6 is 15.9 Å². The van der Waals surface area contributed by atoms with Crippen molar-refractivity contribution in [1.82, 2.24) is 14.8 Å². The minimum atomic E-state index is -0.222. The molecule has 134 valence electrons. The zero-order chi connectivity index (χ0) is 18.1. The minimum Gasteiger partial charge on any atom is -0.370 e. The van der Waals surface area contributed by atoms with Gasteiger partial charge < -0.3 is 10.2 Å². The molecule has 0 bridgehead atoms. The van der Waals surface area contributed by atoms with Gasteiger partial charge in [0.15, 0.2) is 0 Å². The molecule has 2 aromatic heterocycles. The molecule has 0 aliphatic carbocycles. The third kappa shape index (κ3) is 3.44. The largest absolute Gasteiger partial charge is 0.370 e. The molecule has 1 saturated heterocycles. The Morgan fingerprint density at radius 3 is 2.77 bits per heavy atom. The average Bonchev–Trinajstić information content (AvgIpc) is 3.00. The number of anilines is 2. The second-order valence-electron chi connectivity index (χ2n) is 6.58. The minimum absolute atomic E-state index is 0.222. The number of nitrogens with one attached hydrogen (secondary N) is 1. The van der Waals surface area contributed by atoms with Crippen LogP contribution in [0.15, 0.2) is 41.1 Å². The summed E-state index contributed by atoms with van der Waals surface area (Å²) in [6, 6.07) is 9.39. The van der Waals surface area contributed by atoms with E-state index in [0.29, 0.717) is 10.3 Å². The second-order valence-corrected chi connectivity index (χ2v) is 7.39. The lowest BCUT2D eigenvalue weighted by Crippen LogP contribution is -2.30. The molecule has 6 nitrogen and oxygen atoms in total. The lowest BCUT2D eigenvalue weighted by atomic mass is 10.1. The van der Waals surface area contributed by atoms with E-state index in [1.54, 1.807) is 22.9 Å². The molecule has 3 heterocycles. The van der Waals surface area contributed by atoms with Gasteiger partial charge in [-0.15, -0.1) is 0 Å². The molecule has 0 radical (unpaired) electrons. The number of fused-ring (bicyclic) bond motifs is 1. The highest BCUT2D eigenvalue weighted by Gasteiger charge is 2.19. The number of rotatable bonds is 3. The van der Waals surface area contributed by atoms with Crippen LogP contribution < -0.4 is 10.2 Å². The van der Waals surface area contributed by atoms with Crippen molar-refractivity contribution in [3.63, 3.8) is 0 Å². The Balaban J connectivity index is 1.72. The molecule has 1 N–H and O–H groups in total. The van der Waals surface area contributed by atoms with Crippen LogP contribution in [0.25, 0.3) is 10.9 Å². The molecule has 1 amide bonds. The van der Waals surface area contributed by atoms with Gasteiger partial charge in [0.1, 0.15) is 10.3 Å². The molecule has 1 aliphatic heterocycles. The van der Waals surface area contributed by atoms with Crippen LogP contribution in [0, 0.1) is 0 Å². The van der Waals surface area contributed by atoms with E-state index in [1.165, 1.54) is 19.3 Å². The quantitative estimate of drug-likeness (QED) is 0.659. The molecule has 1 aliphatic rings. The van der Waals surface area contributed by atoms with E-state index in [0.717, 1.165) is 35.4 Å². The average molecular weight is 414 g/mol. The molecular weight excluding hydrogens is 394 g/mol. The van der Waals surface area contributed by atoms with Gasteiger partial charge in [0.2, 0.25) is 0 Å². The number of halogens is 1. The van der Waals surface area contributed by atoms with Crippen LogP contribution in [0.1, 0.15) is 29.8 Å². The summed E-state index contributed by atoms with van der Waals surface area (Å²) < 4.78 is 2.44. The summed E-state index contributed by atoms with van der Waals surface area (Å²) in [5.41, 5.74) is 3.08. The number of pyridine rings is 1. The zero-order valence-electron chi connectivity index (χ0n) is 14.6. The molecule has 0 atom stereocenters. The first-order valence-corrected chi connectivity index (χ1v) is 9.56. The van der Waals surface area contributed by atoms with Crippen LogP contribution in [-0.4, -0.2) is 33.8 Å². The molecule has 4 rings (SSSR count). The maximum atomic E-state index is 12.7. The first kappa shape index (κ1) is 17.0. The van der Waals surface area contributed by atoms with E-state index in [9.17, 15) is 4.79 Å². The summed E-state index contributed by atoms with van der Waals surface area (Å²) in [5.74, 6) is -0.222. The van der Waals surface area contributed by atoms with Gasteiger partial charge >= 0.3 is 0 Å². The fourth-order valence-corrected chi connectivity index (χ4v) is 3.74. The molecule has 7 heteroatoms. The Hall–Kier alpha value is -2.41. The summed E-state index contributed by atoms with van der Waals surface area (Å²) in [4.78, 5) is 19.3. The molecule has 3 aromatic rings. The fourth-order valence-electron chi connectivity index (χ4n) is 3.40. The van der Waals surface area contributed by atoms with Crippen molar-refractivity contribution in [3.8, 4) is 0 Å². The molecule has 1 aromatic carbocycles. The number of carbonyl (C=O) groups is 1. The number of amides is 1. The van der Waals surface area contributed by atoms with Crippen molar-refractivity contribution in [2.75, 3.05) is 23.3 Å². The standard InChI is InChI=1S/C19H20BrN5O/c1-24-12-13-10-17(25-8-3-2-4-9-25)16(11-15(13)23-24)22-19(26)14-6-5-7-18(20)21-14/h5-7,10-12H,2-4,8-9H2,1H3,(H,22,26). The van der Waals surface area contributed by atoms with Gasteiger partial charge in [0.25, 0.3) is 5.91 Å². The summed E-state index contributed by atoms with van der Waals surface area (Å²) >= 11 is 3.32. The Labute approximate surface area is 160 Å². The van der Waals surface area contributed by atoms with Gasteiger partial charge in [-0.05, 0) is 59.5 Å². The molecule has 0 spiro atoms. The van der Waals surface area contributed by atoms with Gasteiger partial charge in [-0.25, -0.2) is 4.98 Å². The fraction of sp³-hybridized carbons (Fsp3) is 0.316. The van der Waals surface area contributed by atoms with E-state index >= 15 is 0 Å². The van der Waals surface area contributed by atoms with Gasteiger partial charge in [0.05, 0.1) is 16.9 Å². The van der Waals surface area contributed by atoms with E-state index in [2.05, 4.69) is 42.3 Å². The van der Waals surface area contributed by atoms with Gasteiger partial charge in [-0.3, -0.25) is 9.48 Å². The first-order valence-electron chi connectivity index (χ1n) is 8.76. The zero-order valence-corrected chi connectivity index (χ0v) is 16.2. The number of benzene rings is 1. The van der Waals surface area contributed by atoms with E-state index in [4.69, 9.17) is 0 Å². The number of aromatic nitrogens is 3. The van der Waals surface area contributed by atoms with Crippen LogP contribution in [0.3, 0.4) is 0 Å². The Morgan fingerprint density at radius 2 is 2.00 bits per heavy atom. The number of aryl methyl sites for hydroxylation is 1. The van der Waals surface area contributed by atoms with E-state index < -0.39 is 0 Å². The lowest BCUT2D eigenvalue weighted by molar-refractivity contribution is 0.102.